The van der Waals surface area contributed by atoms with Crippen LogP contribution in [-0.2, 0) is 11.4 Å². The van der Waals surface area contributed by atoms with E-state index in [2.05, 4.69) is 51.4 Å². The fraction of sp³-hybridized carbons (Fsp3) is 0.0909. The number of hydrogen-bond donors (Lipinski definition) is 2. The van der Waals surface area contributed by atoms with Gasteiger partial charge in [-0.25, -0.2) is 4.79 Å². The average Bonchev–Trinajstić information content (AvgIpc) is 3.03. The van der Waals surface area contributed by atoms with Crippen molar-refractivity contribution in [2.45, 2.75) is 6.61 Å². The van der Waals surface area contributed by atoms with Gasteiger partial charge in [0.2, 0.25) is 0 Å². The Labute approximate surface area is 181 Å². The van der Waals surface area contributed by atoms with Gasteiger partial charge < -0.3 is 14.8 Å². The molecule has 3 aromatic carbocycles. The van der Waals surface area contributed by atoms with E-state index in [-0.39, 0.29) is 5.70 Å². The highest BCUT2D eigenvalue weighted by molar-refractivity contribution is 14.1. The zero-order valence-corrected chi connectivity index (χ0v) is 17.6. The minimum atomic E-state index is -0.530. The lowest BCUT2D eigenvalue weighted by Crippen LogP contribution is -2.22. The lowest BCUT2D eigenvalue weighted by Gasteiger charge is -2.15. The van der Waals surface area contributed by atoms with Crippen LogP contribution in [0.3, 0.4) is 0 Å². The Hall–Kier alpha value is -3.07. The Balaban J connectivity index is 1.62. The third-order valence-corrected chi connectivity index (χ3v) is 5.34. The van der Waals surface area contributed by atoms with E-state index in [1.165, 1.54) is 0 Å². The average molecular weight is 500 g/mol. The van der Waals surface area contributed by atoms with Crippen LogP contribution >= 0.6 is 22.6 Å². The van der Waals surface area contributed by atoms with E-state index in [9.17, 15) is 9.59 Å². The normalized spacial score (nSPS) is 14.8. The van der Waals surface area contributed by atoms with Crippen molar-refractivity contribution in [2.75, 3.05) is 7.11 Å². The summed E-state index contributed by atoms with van der Waals surface area (Å²) in [6.45, 7) is 0.395. The molecule has 3 aromatic rings. The maximum atomic E-state index is 11.7. The lowest BCUT2D eigenvalue weighted by atomic mass is 10.1. The third-order valence-electron chi connectivity index (χ3n) is 4.53. The van der Waals surface area contributed by atoms with Crippen molar-refractivity contribution in [3.63, 3.8) is 0 Å². The maximum absolute atomic E-state index is 11.7. The summed E-state index contributed by atoms with van der Waals surface area (Å²) in [5, 5.41) is 6.96. The monoisotopic (exact) mass is 500 g/mol. The van der Waals surface area contributed by atoms with Gasteiger partial charge in [-0.1, -0.05) is 42.5 Å². The summed E-state index contributed by atoms with van der Waals surface area (Å²) in [5.41, 5.74) is 1.99. The number of ether oxygens (including phenoxy) is 2. The van der Waals surface area contributed by atoms with Crippen molar-refractivity contribution in [3.05, 3.63) is 75.0 Å². The van der Waals surface area contributed by atoms with Crippen molar-refractivity contribution in [2.24, 2.45) is 0 Å². The number of imide groups is 1. The van der Waals surface area contributed by atoms with Crippen LogP contribution in [0.25, 0.3) is 16.8 Å². The SMILES string of the molecule is COc1cc(/C=C2/NC(=O)NC2=O)cc(I)c1OCc1cccc2ccccc12. The van der Waals surface area contributed by atoms with Crippen LogP contribution in [0.4, 0.5) is 4.79 Å². The highest BCUT2D eigenvalue weighted by Crippen LogP contribution is 2.35. The Morgan fingerprint density at radius 2 is 1.83 bits per heavy atom. The number of carbonyl (C=O) groups is 2. The molecule has 0 unspecified atom stereocenters. The summed E-state index contributed by atoms with van der Waals surface area (Å²) in [4.78, 5) is 23.0. The highest BCUT2D eigenvalue weighted by Gasteiger charge is 2.23. The summed E-state index contributed by atoms with van der Waals surface area (Å²) < 4.78 is 12.5. The molecule has 1 fully saturated rings. The fourth-order valence-corrected chi connectivity index (χ4v) is 3.96. The smallest absolute Gasteiger partial charge is 0.326 e. The number of nitrogens with one attached hydrogen (secondary N) is 2. The molecule has 0 aromatic heterocycles. The summed E-state index contributed by atoms with van der Waals surface area (Å²) in [7, 11) is 1.57. The quantitative estimate of drug-likeness (QED) is 0.313. The van der Waals surface area contributed by atoms with Crippen LogP contribution in [0.1, 0.15) is 11.1 Å². The van der Waals surface area contributed by atoms with Crippen molar-refractivity contribution < 1.29 is 19.1 Å². The second-order valence-corrected chi connectivity index (χ2v) is 7.59. The summed E-state index contributed by atoms with van der Waals surface area (Å²) >= 11 is 2.17. The molecule has 4 rings (SSSR count). The Morgan fingerprint density at radius 1 is 1.03 bits per heavy atom. The number of methoxy groups -OCH3 is 1. The van der Waals surface area contributed by atoms with Crippen molar-refractivity contribution in [1.82, 2.24) is 10.6 Å². The Kier molecular flexibility index (Phi) is 5.39. The molecule has 6 nitrogen and oxygen atoms in total. The number of amides is 3. The van der Waals surface area contributed by atoms with E-state index in [4.69, 9.17) is 9.47 Å². The zero-order valence-electron chi connectivity index (χ0n) is 15.5. The molecule has 0 atom stereocenters. The van der Waals surface area contributed by atoms with Crippen LogP contribution in [0.15, 0.2) is 60.3 Å². The van der Waals surface area contributed by atoms with Crippen LogP contribution in [0.2, 0.25) is 0 Å². The van der Waals surface area contributed by atoms with Gasteiger partial charge in [-0.2, -0.15) is 0 Å². The minimum Gasteiger partial charge on any atom is -0.493 e. The second kappa shape index (κ2) is 8.12. The number of urea groups is 1. The van der Waals surface area contributed by atoms with Gasteiger partial charge in [-0.3, -0.25) is 10.1 Å². The van der Waals surface area contributed by atoms with Gasteiger partial charge in [-0.15, -0.1) is 0 Å². The highest BCUT2D eigenvalue weighted by atomic mass is 127. The fourth-order valence-electron chi connectivity index (χ4n) is 3.18. The van der Waals surface area contributed by atoms with E-state index in [0.29, 0.717) is 18.1 Å². The van der Waals surface area contributed by atoms with Crippen LogP contribution in [-0.4, -0.2) is 19.0 Å². The van der Waals surface area contributed by atoms with Crippen molar-refractivity contribution in [3.8, 4) is 11.5 Å². The van der Waals surface area contributed by atoms with Gasteiger partial charge >= 0.3 is 6.03 Å². The first-order valence-electron chi connectivity index (χ1n) is 8.86. The molecule has 1 aliphatic rings. The Bertz CT molecular complexity index is 1150. The van der Waals surface area contributed by atoms with Gasteiger partial charge in [0.1, 0.15) is 12.3 Å². The third kappa shape index (κ3) is 4.04. The predicted molar refractivity (Wildman–Crippen MR) is 119 cm³/mol. The second-order valence-electron chi connectivity index (χ2n) is 6.43. The van der Waals surface area contributed by atoms with Gasteiger partial charge in [-0.05, 0) is 62.7 Å². The van der Waals surface area contributed by atoms with Crippen molar-refractivity contribution in [1.29, 1.82) is 0 Å². The van der Waals surface area contributed by atoms with Crippen LogP contribution in [0.5, 0.6) is 11.5 Å². The van der Waals surface area contributed by atoms with E-state index in [1.807, 2.05) is 30.3 Å². The number of rotatable bonds is 5. The number of carbonyl (C=O) groups excluding carboxylic acids is 2. The molecule has 1 aliphatic heterocycles. The van der Waals surface area contributed by atoms with E-state index in [1.54, 1.807) is 19.3 Å². The lowest BCUT2D eigenvalue weighted by molar-refractivity contribution is -0.115. The predicted octanol–water partition coefficient (Wildman–Crippen LogP) is 4.21. The number of benzene rings is 3. The molecular formula is C22H17IN2O4. The maximum Gasteiger partial charge on any atom is 0.326 e. The first kappa shape index (κ1) is 19.3. The molecule has 0 bridgehead atoms. The van der Waals surface area contributed by atoms with Gasteiger partial charge in [0.25, 0.3) is 5.91 Å². The molecule has 0 saturated carbocycles. The molecule has 2 N–H and O–H groups in total. The number of fused-ring (bicyclic) bond motifs is 1. The van der Waals surface area contributed by atoms with Gasteiger partial charge in [0.05, 0.1) is 10.7 Å². The molecule has 7 heteroatoms. The van der Waals surface area contributed by atoms with Gasteiger partial charge in [0, 0.05) is 0 Å². The molecule has 3 amide bonds. The van der Waals surface area contributed by atoms with E-state index < -0.39 is 11.9 Å². The van der Waals surface area contributed by atoms with Crippen molar-refractivity contribution >= 4 is 51.4 Å². The number of halogens is 1. The number of hydrogen-bond acceptors (Lipinski definition) is 4. The first-order valence-corrected chi connectivity index (χ1v) is 9.94. The molecule has 1 saturated heterocycles. The molecular weight excluding hydrogens is 483 g/mol. The van der Waals surface area contributed by atoms with E-state index in [0.717, 1.165) is 25.5 Å². The summed E-state index contributed by atoms with van der Waals surface area (Å²) in [5.74, 6) is 0.720. The molecule has 29 heavy (non-hydrogen) atoms. The Morgan fingerprint density at radius 3 is 2.59 bits per heavy atom. The zero-order chi connectivity index (χ0) is 20.4. The molecule has 0 spiro atoms. The summed E-state index contributed by atoms with van der Waals surface area (Å²) in [6, 6.07) is 17.4. The topological polar surface area (TPSA) is 76.7 Å². The van der Waals surface area contributed by atoms with Crippen LogP contribution < -0.4 is 20.1 Å². The van der Waals surface area contributed by atoms with E-state index >= 15 is 0 Å². The van der Waals surface area contributed by atoms with Crippen LogP contribution in [0, 0.1) is 3.57 Å². The first-order chi connectivity index (χ1) is 14.0. The molecule has 0 aliphatic carbocycles. The largest absolute Gasteiger partial charge is 0.493 e. The minimum absolute atomic E-state index is 0.192. The molecule has 146 valence electrons. The summed E-state index contributed by atoms with van der Waals surface area (Å²) in [6.07, 6.45) is 1.60. The van der Waals surface area contributed by atoms with Gasteiger partial charge in [0.15, 0.2) is 11.5 Å². The molecule has 1 heterocycles. The standard InChI is InChI=1S/C22H17IN2O4/c1-28-19-11-13(10-18-21(26)25-22(27)24-18)9-17(23)20(19)29-12-15-7-4-6-14-5-2-3-8-16(14)15/h2-11H,12H2,1H3,(H2,24,25,26,27)/b18-10+. The molecule has 0 radical (unpaired) electrons.